The molecule has 4 aromatic heterocycles. The molecule has 5 fully saturated rings. The van der Waals surface area contributed by atoms with Gasteiger partial charge in [-0.25, -0.2) is 29.5 Å². The molecule has 5 N–H and O–H groups in total. The summed E-state index contributed by atoms with van der Waals surface area (Å²) in [4.78, 5) is 73.0. The molecule has 570 valence electrons. The number of halogens is 3. The fourth-order valence-corrected chi connectivity index (χ4v) is 14.9. The number of nitrogens with one attached hydrogen (secondary N) is 1. The van der Waals surface area contributed by atoms with Gasteiger partial charge in [0.15, 0.2) is 11.0 Å². The van der Waals surface area contributed by atoms with Crippen molar-refractivity contribution in [3.63, 3.8) is 0 Å². The zero-order valence-electron chi connectivity index (χ0n) is 63.2. The van der Waals surface area contributed by atoms with Gasteiger partial charge in [0.25, 0.3) is 23.7 Å². The Morgan fingerprint density at radius 2 is 1.01 bits per heavy atom. The van der Waals surface area contributed by atoms with Gasteiger partial charge < -0.3 is 64.6 Å². The molecule has 2 amide bonds. The van der Waals surface area contributed by atoms with Gasteiger partial charge in [0.2, 0.25) is 11.5 Å². The van der Waals surface area contributed by atoms with E-state index in [1.54, 1.807) is 16.9 Å². The Morgan fingerprint density at radius 1 is 0.634 bits per heavy atom. The van der Waals surface area contributed by atoms with Gasteiger partial charge in [-0.05, 0) is 128 Å². The third kappa shape index (κ3) is 38.1. The number of aromatic nitrogens is 6. The maximum absolute atomic E-state index is 12.1. The minimum Gasteiger partial charge on any atom is -0.854 e. The summed E-state index contributed by atoms with van der Waals surface area (Å²) < 4.78 is 43.2. The second-order valence-corrected chi connectivity index (χ2v) is 30.0. The Labute approximate surface area is 659 Å². The van der Waals surface area contributed by atoms with Gasteiger partial charge in [0.1, 0.15) is 42.4 Å². The zero-order chi connectivity index (χ0) is 74.6. The average molecular weight is 1690 g/mol. The number of nitrogens with zero attached hydrogens (tertiary/aromatic N) is 12. The number of pyridine rings is 2. The number of nitrogen functional groups attached to an aromatic ring is 1. The first-order valence-corrected chi connectivity index (χ1v) is 37.0. The number of fused-ring (bicyclic) bond motifs is 6. The summed E-state index contributed by atoms with van der Waals surface area (Å²) in [5, 5.41) is 27.9. The van der Waals surface area contributed by atoms with E-state index in [9.17, 15) is 14.7 Å². The molecule has 101 heavy (non-hydrogen) atoms. The number of carboxylic acid groups (broad SMARTS) is 2. The number of carboxylic acids is 2. The van der Waals surface area contributed by atoms with Gasteiger partial charge in [0, 0.05) is 145 Å². The first-order chi connectivity index (χ1) is 46.6. The zero-order valence-corrected chi connectivity index (χ0v) is 71.6. The van der Waals surface area contributed by atoms with Crippen molar-refractivity contribution >= 4 is 93.2 Å². The van der Waals surface area contributed by atoms with Crippen molar-refractivity contribution in [2.24, 2.45) is 17.8 Å². The predicted molar refractivity (Wildman–Crippen MR) is 395 cm³/mol. The fraction of sp³-hybridized carbons (Fsp3) is 0.676. The number of likely N-dealkylation sites (tertiary alicyclic amines) is 2. The van der Waals surface area contributed by atoms with E-state index in [-0.39, 0.29) is 107 Å². The van der Waals surface area contributed by atoms with Gasteiger partial charge in [-0.15, -0.1) is 6.61 Å². The van der Waals surface area contributed by atoms with Crippen molar-refractivity contribution in [1.82, 2.24) is 58.6 Å². The van der Waals surface area contributed by atoms with Crippen LogP contribution >= 0.6 is 51.8 Å². The van der Waals surface area contributed by atoms with E-state index in [0.29, 0.717) is 80.9 Å². The molecule has 0 aromatic carbocycles. The number of carbonyl (C=O) groups excluding carboxylic acids is 2. The normalized spacial score (nSPS) is 16.3. The molecule has 0 saturated carbocycles. The number of rotatable bonds is 18. The molecule has 0 spiro atoms. The number of hydrogen-bond donors (Lipinski definition) is 4. The Kier molecular flexibility index (Phi) is 49.8. The first-order valence-electron chi connectivity index (χ1n) is 33.9. The van der Waals surface area contributed by atoms with Crippen LogP contribution in [-0.2, 0) is 39.5 Å². The SMILES string of the molecule is CC(=O)O.CC(=O)O.CC(C)CN1CCN2CCN(CC(C)C)P1N(CC(C)C)CC2.CCCC[O-].COc1c(Cl)ncnc1OC1CCN(C(=O)OC(C)C)CC1.COc1c(Nc2c(C)cc(Br)nc2C)ncnc1OC1CCN(C(=O)OC(C)C)CC1.Cc1cc(Br)nc(C)c1N.[Na+].[Pd]. The van der Waals surface area contributed by atoms with E-state index >= 15 is 0 Å². The molecule has 0 aliphatic carbocycles. The van der Waals surface area contributed by atoms with Gasteiger partial charge >= 0.3 is 41.7 Å². The van der Waals surface area contributed by atoms with E-state index in [1.807, 2.05) is 74.4 Å². The Bertz CT molecular complexity index is 2940. The summed E-state index contributed by atoms with van der Waals surface area (Å²) >= 11 is 12.6. The number of aryl methyl sites for hydroxylation is 4. The van der Waals surface area contributed by atoms with Crippen LogP contribution in [0.15, 0.2) is 34.0 Å². The maximum Gasteiger partial charge on any atom is 1.00 e. The Morgan fingerprint density at radius 3 is 1.35 bits per heavy atom. The van der Waals surface area contributed by atoms with Crippen LogP contribution in [0.2, 0.25) is 5.15 Å². The molecule has 0 radical (unpaired) electrons. The summed E-state index contributed by atoms with van der Waals surface area (Å²) in [7, 11) is 2.75. The van der Waals surface area contributed by atoms with Crippen LogP contribution in [0.3, 0.4) is 0 Å². The number of methoxy groups -OCH3 is 2. The number of aliphatic carboxylic acids is 2. The number of nitrogens with two attached hydrogens (primary N) is 1. The van der Waals surface area contributed by atoms with E-state index in [0.717, 1.165) is 87.5 Å². The number of piperidine rings is 2. The molecule has 5 aliphatic rings. The molecule has 5 saturated heterocycles. The van der Waals surface area contributed by atoms with Crippen LogP contribution in [0.5, 0.6) is 23.3 Å². The van der Waals surface area contributed by atoms with Crippen molar-refractivity contribution in [3.05, 3.63) is 61.7 Å². The van der Waals surface area contributed by atoms with Crippen LogP contribution in [-0.4, -0.2) is 223 Å². The van der Waals surface area contributed by atoms with Crippen molar-refractivity contribution in [2.45, 2.75) is 181 Å². The number of anilines is 3. The summed E-state index contributed by atoms with van der Waals surface area (Å²) in [5.74, 6) is 2.50. The second kappa shape index (κ2) is 52.0. The monoisotopic (exact) mass is 1690 g/mol. The molecule has 9 rings (SSSR count). The topological polar surface area (TPSA) is 322 Å². The third-order valence-corrected chi connectivity index (χ3v) is 18.3. The number of amides is 2. The Balaban J connectivity index is 0.00000128. The molecule has 4 aromatic rings. The van der Waals surface area contributed by atoms with Gasteiger partial charge in [-0.1, -0.05) is 72.9 Å². The van der Waals surface area contributed by atoms with Crippen molar-refractivity contribution in [2.75, 3.05) is 117 Å². The van der Waals surface area contributed by atoms with E-state index in [4.69, 9.17) is 65.6 Å². The van der Waals surface area contributed by atoms with E-state index < -0.39 is 11.9 Å². The van der Waals surface area contributed by atoms with Crippen LogP contribution < -0.4 is 64.7 Å². The predicted octanol–water partition coefficient (Wildman–Crippen LogP) is 9.71. The molecule has 0 atom stereocenters. The van der Waals surface area contributed by atoms with Crippen LogP contribution in [0.25, 0.3) is 0 Å². The van der Waals surface area contributed by atoms with Crippen LogP contribution in [0.1, 0.15) is 151 Å². The quantitative estimate of drug-likeness (QED) is 0.0311. The largest absolute Gasteiger partial charge is 1.00 e. The van der Waals surface area contributed by atoms with Gasteiger partial charge in [-0.3, -0.25) is 28.5 Å². The van der Waals surface area contributed by atoms with Crippen LogP contribution in [0.4, 0.5) is 26.8 Å². The average Bonchev–Trinajstić information content (AvgIpc) is 0.820. The number of unbranched alkanes of at least 4 members (excludes halogenated alkanes) is 1. The van der Waals surface area contributed by atoms with Gasteiger partial charge in [-0.2, -0.15) is 9.97 Å². The Hall–Kier alpha value is -4.12. The number of hydrogen-bond acceptors (Lipinski definition) is 23. The van der Waals surface area contributed by atoms with Crippen LogP contribution in [0, 0.1) is 45.4 Å². The fourth-order valence-electron chi connectivity index (χ4n) is 10.2. The van der Waals surface area contributed by atoms with Crippen molar-refractivity contribution in [1.29, 1.82) is 0 Å². The summed E-state index contributed by atoms with van der Waals surface area (Å²) in [6, 6.07) is 3.83. The summed E-state index contributed by atoms with van der Waals surface area (Å²) in [6.45, 7) is 47.1. The van der Waals surface area contributed by atoms with Crippen molar-refractivity contribution < 1.29 is 113 Å². The minimum absolute atomic E-state index is 0. The molecular weight excluding hydrogens is 1580 g/mol. The second-order valence-electron chi connectivity index (χ2n) is 25.8. The van der Waals surface area contributed by atoms with Gasteiger partial charge in [0.05, 0.1) is 49.2 Å². The molecule has 27 nitrogen and oxygen atoms in total. The van der Waals surface area contributed by atoms with E-state index in [2.05, 4.69) is 128 Å². The number of carbonyl (C=O) groups is 4. The molecule has 9 heterocycles. The van der Waals surface area contributed by atoms with E-state index in [1.165, 1.54) is 78.7 Å². The summed E-state index contributed by atoms with van der Waals surface area (Å²) in [5.41, 5.74) is 11.1. The molecular formula is C68H113Br2ClN14NaO13PPd. The maximum atomic E-state index is 12.1. The molecule has 5 aliphatic heterocycles. The molecule has 33 heteroatoms. The first kappa shape index (κ1) is 96.9. The smallest absolute Gasteiger partial charge is 0.854 e. The number of ether oxygens (including phenoxy) is 6. The summed E-state index contributed by atoms with van der Waals surface area (Å²) in [6.07, 6.45) is 6.42. The standard InChI is InChI=1S/C21H28BrN5O4.C18H39N4P.C14H20ClN3O4.C7H9BrN2.C4H9O.2C2H4O2.Na.Pd/c1-12(2)30-21(28)27-8-6-15(7-9-27)31-20-18(29-5)19(23-11-24-20)26-17-13(3)10-16(22)25-14(17)4;1-16(2)13-20-10-7-19-8-11-21(14-17(3)4)23(20)22(12-9-19)15-18(5)6;1-9(2)21-14(19)18-6-4-10(5-7-18)22-13-11(20-3)12(15)16-8-17-13;1-4-3-6(8)10-5(2)7(4)9;1-2-3-4-5;2*1-2(3)4;;/h10-12,15H,6-9H2,1-5H3,(H,23,24,26);16-18H,7-15H2,1-6H3;8-10H,4-7H2,1-3H3;3H,9H2,1-2H3;2-4H2,1H3;2*1H3,(H,3,4);;/q;;;;-1;;;+1;. The minimum atomic E-state index is -0.833. The third-order valence-electron chi connectivity index (χ3n) is 14.6. The molecule has 0 unspecified atom stereocenters. The molecule has 2 bridgehead atoms. The van der Waals surface area contributed by atoms with Crippen molar-refractivity contribution in [3.8, 4) is 23.3 Å².